The van der Waals surface area contributed by atoms with Gasteiger partial charge in [0.25, 0.3) is 0 Å². The van der Waals surface area contributed by atoms with Crippen molar-refractivity contribution >= 4 is 18.0 Å². The topological polar surface area (TPSA) is 78.2 Å². The number of hydrogen-bond donors (Lipinski definition) is 0. The molecular weight excluding hydrogens is 350 g/mol. The number of rotatable bonds is 7. The summed E-state index contributed by atoms with van der Waals surface area (Å²) in [5.41, 5.74) is 1.15. The van der Waals surface area contributed by atoms with Crippen molar-refractivity contribution in [1.29, 1.82) is 0 Å². The van der Waals surface area contributed by atoms with Gasteiger partial charge < -0.3 is 23.5 Å². The van der Waals surface area contributed by atoms with Gasteiger partial charge >= 0.3 is 5.97 Å². The summed E-state index contributed by atoms with van der Waals surface area (Å²) in [5.74, 6) is 1.32. The van der Waals surface area contributed by atoms with Crippen molar-refractivity contribution in [3.05, 3.63) is 53.0 Å². The molecule has 2 aromatic rings. The molecule has 0 aliphatic heterocycles. The molecule has 2 rings (SSSR count). The fraction of sp³-hybridized carbons (Fsp3) is 0.300. The normalized spacial score (nSPS) is 10.7. The number of methoxy groups -OCH3 is 3. The highest BCUT2D eigenvalue weighted by molar-refractivity contribution is 5.93. The Labute approximate surface area is 158 Å². The Morgan fingerprint density at radius 3 is 2.56 bits per heavy atom. The summed E-state index contributed by atoms with van der Waals surface area (Å²) < 4.78 is 20.8. The van der Waals surface area contributed by atoms with E-state index in [0.29, 0.717) is 35.1 Å². The molecule has 1 aromatic heterocycles. The lowest BCUT2D eigenvalue weighted by atomic mass is 10.1. The molecule has 0 aliphatic carbocycles. The molecule has 0 atom stereocenters. The Morgan fingerprint density at radius 1 is 1.19 bits per heavy atom. The van der Waals surface area contributed by atoms with Crippen LogP contribution in [0.2, 0.25) is 0 Å². The lowest BCUT2D eigenvalue weighted by Crippen LogP contribution is -2.24. The summed E-state index contributed by atoms with van der Waals surface area (Å²) in [6.45, 7) is 2.00. The Morgan fingerprint density at radius 2 is 1.93 bits per heavy atom. The molecule has 144 valence electrons. The van der Waals surface area contributed by atoms with Gasteiger partial charge in [0, 0.05) is 25.2 Å². The average molecular weight is 373 g/mol. The van der Waals surface area contributed by atoms with E-state index in [0.717, 1.165) is 5.56 Å². The Kier molecular flexibility index (Phi) is 6.65. The number of likely N-dealkylation sites (N-methyl/N-ethyl adjacent to an activating group) is 1. The van der Waals surface area contributed by atoms with Gasteiger partial charge in [0.15, 0.2) is 11.5 Å². The minimum atomic E-state index is -0.482. The van der Waals surface area contributed by atoms with Crippen LogP contribution in [0.3, 0.4) is 0 Å². The van der Waals surface area contributed by atoms with Crippen LogP contribution in [0.25, 0.3) is 6.08 Å². The quantitative estimate of drug-likeness (QED) is 0.548. The first-order valence-electron chi connectivity index (χ1n) is 8.23. The molecule has 0 aliphatic rings. The van der Waals surface area contributed by atoms with Crippen LogP contribution in [-0.4, -0.2) is 45.2 Å². The van der Waals surface area contributed by atoms with Crippen molar-refractivity contribution in [1.82, 2.24) is 4.90 Å². The van der Waals surface area contributed by atoms with Crippen LogP contribution in [0.4, 0.5) is 0 Å². The predicted molar refractivity (Wildman–Crippen MR) is 99.8 cm³/mol. The molecule has 27 heavy (non-hydrogen) atoms. The number of carbonyl (C=O) groups excluding carboxylic acids is 2. The van der Waals surface area contributed by atoms with E-state index in [9.17, 15) is 9.59 Å². The standard InChI is InChI=1S/C20H23NO6/c1-13-16(20(23)26-5)11-15(27-13)9-10-18(22)21(2)12-14-7-6-8-17(24-3)19(14)25-4/h6-11H,12H2,1-5H3. The SMILES string of the molecule is COC(=O)c1cc(C=CC(=O)N(C)Cc2cccc(OC)c2OC)oc1C. The van der Waals surface area contributed by atoms with E-state index in [1.54, 1.807) is 34.3 Å². The number of para-hydroxylation sites is 1. The smallest absolute Gasteiger partial charge is 0.341 e. The highest BCUT2D eigenvalue weighted by atomic mass is 16.5. The first-order chi connectivity index (χ1) is 12.9. The number of hydrogen-bond acceptors (Lipinski definition) is 6. The lowest BCUT2D eigenvalue weighted by molar-refractivity contribution is -0.125. The monoisotopic (exact) mass is 373 g/mol. The molecule has 0 N–H and O–H groups in total. The molecule has 7 heteroatoms. The molecule has 0 saturated heterocycles. The first-order valence-corrected chi connectivity index (χ1v) is 8.23. The highest BCUT2D eigenvalue weighted by Gasteiger charge is 2.16. The summed E-state index contributed by atoms with van der Waals surface area (Å²) in [6.07, 6.45) is 2.90. The zero-order chi connectivity index (χ0) is 20.0. The molecule has 1 heterocycles. The fourth-order valence-corrected chi connectivity index (χ4v) is 2.59. The van der Waals surface area contributed by atoms with E-state index in [-0.39, 0.29) is 5.91 Å². The molecule has 0 bridgehead atoms. The molecular formula is C20H23NO6. The predicted octanol–water partition coefficient (Wildman–Crippen LogP) is 3.06. The van der Waals surface area contributed by atoms with Crippen molar-refractivity contribution in [2.45, 2.75) is 13.5 Å². The van der Waals surface area contributed by atoms with E-state index in [2.05, 4.69) is 4.74 Å². The second kappa shape index (κ2) is 8.93. The van der Waals surface area contributed by atoms with Gasteiger partial charge in [-0.2, -0.15) is 0 Å². The fourth-order valence-electron chi connectivity index (χ4n) is 2.59. The molecule has 0 unspecified atom stereocenters. The Hall–Kier alpha value is -3.22. The van der Waals surface area contributed by atoms with Gasteiger partial charge in [-0.3, -0.25) is 4.79 Å². The van der Waals surface area contributed by atoms with Gasteiger partial charge in [-0.25, -0.2) is 4.79 Å². The van der Waals surface area contributed by atoms with Crippen molar-refractivity contribution in [2.24, 2.45) is 0 Å². The molecule has 0 spiro atoms. The van der Waals surface area contributed by atoms with Gasteiger partial charge in [0.2, 0.25) is 5.91 Å². The van der Waals surface area contributed by atoms with Crippen LogP contribution >= 0.6 is 0 Å². The van der Waals surface area contributed by atoms with Crippen LogP contribution in [0.5, 0.6) is 11.5 Å². The minimum Gasteiger partial charge on any atom is -0.493 e. The summed E-state index contributed by atoms with van der Waals surface area (Å²) in [5, 5.41) is 0. The first kappa shape index (κ1) is 20.1. The summed E-state index contributed by atoms with van der Waals surface area (Å²) in [4.78, 5) is 25.5. The van der Waals surface area contributed by atoms with E-state index < -0.39 is 5.97 Å². The third kappa shape index (κ3) is 4.69. The molecule has 0 saturated carbocycles. The van der Waals surface area contributed by atoms with Crippen molar-refractivity contribution in [3.8, 4) is 11.5 Å². The minimum absolute atomic E-state index is 0.228. The second-order valence-corrected chi connectivity index (χ2v) is 5.79. The summed E-state index contributed by atoms with van der Waals surface area (Å²) >= 11 is 0. The summed E-state index contributed by atoms with van der Waals surface area (Å²) in [6, 6.07) is 7.04. The van der Waals surface area contributed by atoms with Gasteiger partial charge in [0.05, 0.1) is 21.3 Å². The van der Waals surface area contributed by atoms with E-state index in [4.69, 9.17) is 13.9 Å². The number of benzene rings is 1. The van der Waals surface area contributed by atoms with Gasteiger partial charge in [-0.05, 0) is 25.1 Å². The van der Waals surface area contributed by atoms with Gasteiger partial charge in [-0.15, -0.1) is 0 Å². The average Bonchev–Trinajstić information content (AvgIpc) is 3.05. The maximum Gasteiger partial charge on any atom is 0.341 e. The maximum atomic E-state index is 12.4. The number of aryl methyl sites for hydroxylation is 1. The largest absolute Gasteiger partial charge is 0.493 e. The van der Waals surface area contributed by atoms with E-state index in [1.165, 1.54) is 30.2 Å². The van der Waals surface area contributed by atoms with Crippen LogP contribution in [0, 0.1) is 6.92 Å². The zero-order valence-corrected chi connectivity index (χ0v) is 16.1. The van der Waals surface area contributed by atoms with Crippen molar-refractivity contribution < 1.29 is 28.2 Å². The number of furan rings is 1. The number of ether oxygens (including phenoxy) is 3. The summed E-state index contributed by atoms with van der Waals surface area (Å²) in [7, 11) is 6.10. The van der Waals surface area contributed by atoms with Crippen LogP contribution < -0.4 is 9.47 Å². The number of esters is 1. The van der Waals surface area contributed by atoms with Crippen LogP contribution in [-0.2, 0) is 16.1 Å². The number of carbonyl (C=O) groups is 2. The molecule has 1 amide bonds. The number of nitrogens with zero attached hydrogens (tertiary/aromatic N) is 1. The lowest BCUT2D eigenvalue weighted by Gasteiger charge is -2.18. The Bertz CT molecular complexity index is 852. The number of amides is 1. The third-order valence-corrected chi connectivity index (χ3v) is 4.00. The second-order valence-electron chi connectivity index (χ2n) is 5.79. The Balaban J connectivity index is 2.10. The zero-order valence-electron chi connectivity index (χ0n) is 16.1. The van der Waals surface area contributed by atoms with E-state index in [1.807, 2.05) is 12.1 Å². The maximum absolute atomic E-state index is 12.4. The van der Waals surface area contributed by atoms with Gasteiger partial charge in [0.1, 0.15) is 17.1 Å². The molecule has 7 nitrogen and oxygen atoms in total. The van der Waals surface area contributed by atoms with Crippen LogP contribution in [0.15, 0.2) is 34.8 Å². The highest BCUT2D eigenvalue weighted by Crippen LogP contribution is 2.31. The van der Waals surface area contributed by atoms with E-state index >= 15 is 0 Å². The third-order valence-electron chi connectivity index (χ3n) is 4.00. The molecule has 1 aromatic carbocycles. The van der Waals surface area contributed by atoms with Crippen molar-refractivity contribution in [2.75, 3.05) is 28.4 Å². The van der Waals surface area contributed by atoms with Crippen molar-refractivity contribution in [3.63, 3.8) is 0 Å². The van der Waals surface area contributed by atoms with Crippen LogP contribution in [0.1, 0.15) is 27.4 Å². The molecule has 0 fully saturated rings. The van der Waals surface area contributed by atoms with Gasteiger partial charge in [-0.1, -0.05) is 12.1 Å². The molecule has 0 radical (unpaired) electrons.